The second-order valence-electron chi connectivity index (χ2n) is 7.57. The molecule has 7 heteroatoms. The number of hydrogen-bond acceptors (Lipinski definition) is 6. The molecule has 0 atom stereocenters. The molecule has 1 aromatic rings. The SMILES string of the molecule is CC(C)(O)N(C(C)(C)O)C(C)(C)O.CN(C)c1ccc(C(=O)O)cc1. The Balaban J connectivity index is 0.000000462. The van der Waals surface area contributed by atoms with Gasteiger partial charge in [0.05, 0.1) is 5.56 Å². The van der Waals surface area contributed by atoms with Gasteiger partial charge in [0.15, 0.2) is 0 Å². The molecule has 25 heavy (non-hydrogen) atoms. The number of rotatable bonds is 5. The maximum atomic E-state index is 10.5. The van der Waals surface area contributed by atoms with Gasteiger partial charge < -0.3 is 25.3 Å². The highest BCUT2D eigenvalue weighted by Gasteiger charge is 2.43. The van der Waals surface area contributed by atoms with Crippen LogP contribution in [0.3, 0.4) is 0 Å². The zero-order valence-corrected chi connectivity index (χ0v) is 16.4. The average Bonchev–Trinajstić information content (AvgIpc) is 2.33. The monoisotopic (exact) mass is 356 g/mol. The van der Waals surface area contributed by atoms with E-state index in [0.717, 1.165) is 5.69 Å². The molecular weight excluding hydrogens is 324 g/mol. The fraction of sp³-hybridized carbons (Fsp3) is 0.611. The number of carboxylic acid groups (broad SMARTS) is 1. The van der Waals surface area contributed by atoms with Gasteiger partial charge in [-0.25, -0.2) is 9.69 Å². The van der Waals surface area contributed by atoms with Gasteiger partial charge in [-0.15, -0.1) is 0 Å². The summed E-state index contributed by atoms with van der Waals surface area (Å²) in [5.41, 5.74) is -2.52. The quantitative estimate of drug-likeness (QED) is 0.598. The molecule has 0 heterocycles. The van der Waals surface area contributed by atoms with Crippen molar-refractivity contribution in [3.8, 4) is 0 Å². The summed E-state index contributed by atoms with van der Waals surface area (Å²) in [5.74, 6) is -0.889. The predicted molar refractivity (Wildman–Crippen MR) is 98.5 cm³/mol. The number of benzene rings is 1. The first-order valence-corrected chi connectivity index (χ1v) is 7.96. The summed E-state index contributed by atoms with van der Waals surface area (Å²) in [6, 6.07) is 6.75. The van der Waals surface area contributed by atoms with Gasteiger partial charge in [0, 0.05) is 19.8 Å². The summed E-state index contributed by atoms with van der Waals surface area (Å²) in [5, 5.41) is 37.9. The first kappa shape index (κ1) is 23.3. The smallest absolute Gasteiger partial charge is 0.335 e. The zero-order chi connectivity index (χ0) is 20.2. The Bertz CT molecular complexity index is 516. The minimum Gasteiger partial charge on any atom is -0.478 e. The molecule has 1 aromatic carbocycles. The van der Waals surface area contributed by atoms with Crippen LogP contribution in [0.1, 0.15) is 51.9 Å². The highest BCUT2D eigenvalue weighted by molar-refractivity contribution is 5.88. The summed E-state index contributed by atoms with van der Waals surface area (Å²) in [4.78, 5) is 13.6. The molecular formula is C18H32N2O5. The van der Waals surface area contributed by atoms with E-state index in [9.17, 15) is 20.1 Å². The van der Waals surface area contributed by atoms with Crippen molar-refractivity contribution >= 4 is 11.7 Å². The Labute approximate surface area is 150 Å². The molecule has 7 nitrogen and oxygen atoms in total. The maximum Gasteiger partial charge on any atom is 0.335 e. The highest BCUT2D eigenvalue weighted by Crippen LogP contribution is 2.29. The molecule has 0 spiro atoms. The lowest BCUT2D eigenvalue weighted by molar-refractivity contribution is -0.288. The normalized spacial score (nSPS) is 12.5. The van der Waals surface area contributed by atoms with Crippen LogP contribution in [0.5, 0.6) is 0 Å². The first-order valence-electron chi connectivity index (χ1n) is 7.96. The van der Waals surface area contributed by atoms with Gasteiger partial charge >= 0.3 is 5.97 Å². The Morgan fingerprint density at radius 1 is 0.800 bits per heavy atom. The van der Waals surface area contributed by atoms with Crippen molar-refractivity contribution in [2.45, 2.75) is 58.7 Å². The largest absolute Gasteiger partial charge is 0.478 e. The number of hydrogen-bond donors (Lipinski definition) is 4. The standard InChI is InChI=1S/C9H21NO3.C9H11NO2/c1-7(2,11)10(8(3,4)12)9(5,6)13;1-10(2)8-5-3-7(4-6-8)9(11)12/h11-13H,1-6H3;3-6H,1-2H3,(H,11,12). The maximum absolute atomic E-state index is 10.5. The number of carbonyl (C=O) groups is 1. The molecule has 0 amide bonds. The van der Waals surface area contributed by atoms with Crippen molar-refractivity contribution < 1.29 is 25.2 Å². The van der Waals surface area contributed by atoms with Gasteiger partial charge in [-0.3, -0.25) is 0 Å². The molecule has 0 aliphatic heterocycles. The Kier molecular flexibility index (Phi) is 7.60. The number of anilines is 1. The van der Waals surface area contributed by atoms with Crippen molar-refractivity contribution in [3.63, 3.8) is 0 Å². The summed E-state index contributed by atoms with van der Waals surface area (Å²) in [6.45, 7) is 9.10. The van der Waals surface area contributed by atoms with Crippen molar-refractivity contribution in [1.82, 2.24) is 4.90 Å². The third-order valence-electron chi connectivity index (χ3n) is 3.27. The molecule has 0 fully saturated rings. The van der Waals surface area contributed by atoms with E-state index in [1.807, 2.05) is 19.0 Å². The van der Waals surface area contributed by atoms with Crippen molar-refractivity contribution in [2.24, 2.45) is 0 Å². The lowest BCUT2D eigenvalue weighted by atomic mass is 10.1. The predicted octanol–water partition coefficient (Wildman–Crippen LogP) is 1.92. The highest BCUT2D eigenvalue weighted by atomic mass is 16.4. The molecule has 0 aliphatic rings. The van der Waals surface area contributed by atoms with Gasteiger partial charge in [-0.2, -0.15) is 0 Å². The van der Waals surface area contributed by atoms with Gasteiger partial charge in [0.2, 0.25) is 0 Å². The van der Waals surface area contributed by atoms with Crippen LogP contribution in [0.15, 0.2) is 24.3 Å². The second-order valence-corrected chi connectivity index (χ2v) is 7.57. The van der Waals surface area contributed by atoms with Crippen LogP contribution >= 0.6 is 0 Å². The van der Waals surface area contributed by atoms with Crippen LogP contribution in [-0.2, 0) is 0 Å². The number of nitrogens with zero attached hydrogens (tertiary/aromatic N) is 2. The minimum absolute atomic E-state index is 0.320. The third-order valence-corrected chi connectivity index (χ3v) is 3.27. The zero-order valence-electron chi connectivity index (χ0n) is 16.4. The number of carboxylic acids is 1. The van der Waals surface area contributed by atoms with E-state index in [-0.39, 0.29) is 0 Å². The summed E-state index contributed by atoms with van der Waals surface area (Å²) >= 11 is 0. The number of aromatic carboxylic acids is 1. The van der Waals surface area contributed by atoms with Gasteiger partial charge in [0.25, 0.3) is 0 Å². The molecule has 0 bridgehead atoms. The third kappa shape index (κ3) is 7.83. The van der Waals surface area contributed by atoms with E-state index in [0.29, 0.717) is 5.56 Å². The van der Waals surface area contributed by atoms with E-state index in [4.69, 9.17) is 5.11 Å². The van der Waals surface area contributed by atoms with E-state index in [1.165, 1.54) is 46.4 Å². The van der Waals surface area contributed by atoms with Crippen LogP contribution in [-0.4, -0.2) is 62.6 Å². The van der Waals surface area contributed by atoms with Gasteiger partial charge in [-0.1, -0.05) is 0 Å². The minimum atomic E-state index is -1.28. The first-order chi connectivity index (χ1) is 11.0. The molecule has 144 valence electrons. The summed E-state index contributed by atoms with van der Waals surface area (Å²) in [7, 11) is 3.82. The van der Waals surface area contributed by atoms with Gasteiger partial charge in [-0.05, 0) is 65.8 Å². The molecule has 0 saturated heterocycles. The molecule has 0 aliphatic carbocycles. The average molecular weight is 356 g/mol. The fourth-order valence-electron chi connectivity index (χ4n) is 2.91. The van der Waals surface area contributed by atoms with E-state index >= 15 is 0 Å². The lowest BCUT2D eigenvalue weighted by Crippen LogP contribution is -2.64. The van der Waals surface area contributed by atoms with Crippen molar-refractivity contribution in [3.05, 3.63) is 29.8 Å². The fourth-order valence-corrected chi connectivity index (χ4v) is 2.91. The molecule has 0 radical (unpaired) electrons. The lowest BCUT2D eigenvalue weighted by Gasteiger charge is -2.49. The van der Waals surface area contributed by atoms with E-state index in [1.54, 1.807) is 24.3 Å². The van der Waals surface area contributed by atoms with Crippen molar-refractivity contribution in [1.29, 1.82) is 0 Å². The van der Waals surface area contributed by atoms with Crippen LogP contribution in [0, 0.1) is 0 Å². The number of aliphatic hydroxyl groups is 3. The van der Waals surface area contributed by atoms with Gasteiger partial charge in [0.1, 0.15) is 17.2 Å². The van der Waals surface area contributed by atoms with Crippen molar-refractivity contribution in [2.75, 3.05) is 19.0 Å². The second kappa shape index (κ2) is 8.14. The molecule has 4 N–H and O–H groups in total. The molecule has 0 saturated carbocycles. The Morgan fingerprint density at radius 3 is 1.28 bits per heavy atom. The van der Waals surface area contributed by atoms with Crippen LogP contribution in [0.4, 0.5) is 5.69 Å². The summed E-state index contributed by atoms with van der Waals surface area (Å²) in [6.07, 6.45) is 0. The molecule has 0 unspecified atom stereocenters. The Morgan fingerprint density at radius 2 is 1.12 bits per heavy atom. The molecule has 1 rings (SSSR count). The van der Waals surface area contributed by atoms with Crippen LogP contribution in [0.2, 0.25) is 0 Å². The topological polar surface area (TPSA) is 104 Å². The van der Waals surface area contributed by atoms with E-state index < -0.39 is 23.1 Å². The van der Waals surface area contributed by atoms with Crippen LogP contribution < -0.4 is 4.90 Å². The molecule has 0 aromatic heterocycles. The Hall–Kier alpha value is -1.67. The summed E-state index contributed by atoms with van der Waals surface area (Å²) < 4.78 is 0. The van der Waals surface area contributed by atoms with Crippen LogP contribution in [0.25, 0.3) is 0 Å². The van der Waals surface area contributed by atoms with E-state index in [2.05, 4.69) is 0 Å².